The van der Waals surface area contributed by atoms with E-state index < -0.39 is 0 Å². The Morgan fingerprint density at radius 2 is 2.21 bits per heavy atom. The number of nitrogens with zero attached hydrogens (tertiary/aromatic N) is 2. The predicted molar refractivity (Wildman–Crippen MR) is 89.7 cm³/mol. The van der Waals surface area contributed by atoms with Crippen molar-refractivity contribution in [2.24, 2.45) is 0 Å². The Bertz CT molecular complexity index is 801. The van der Waals surface area contributed by atoms with Gasteiger partial charge in [-0.05, 0) is 17.7 Å². The molecular formula is C18H22FN3O2. The molecule has 0 fully saturated rings. The van der Waals surface area contributed by atoms with Crippen LogP contribution in [0.3, 0.4) is 0 Å². The monoisotopic (exact) mass is 331 g/mol. The van der Waals surface area contributed by atoms with Gasteiger partial charge in [-0.2, -0.15) is 0 Å². The molecule has 0 radical (unpaired) electrons. The van der Waals surface area contributed by atoms with Crippen LogP contribution in [0.4, 0.5) is 4.39 Å². The van der Waals surface area contributed by atoms with E-state index in [0.717, 1.165) is 35.6 Å². The first-order chi connectivity index (χ1) is 11.5. The highest BCUT2D eigenvalue weighted by Gasteiger charge is 2.22. The highest BCUT2D eigenvalue weighted by Crippen LogP contribution is 2.22. The number of H-pyrrole nitrogens is 1. The molecule has 2 heterocycles. The normalized spacial score (nSPS) is 14.7. The third-order valence-electron chi connectivity index (χ3n) is 4.33. The molecule has 0 amide bonds. The number of ether oxygens (including phenoxy) is 1. The topological polar surface area (TPSA) is 58.2 Å². The maximum atomic E-state index is 13.5. The van der Waals surface area contributed by atoms with Crippen LogP contribution in [0.25, 0.3) is 0 Å². The van der Waals surface area contributed by atoms with Crippen molar-refractivity contribution in [1.82, 2.24) is 14.9 Å². The second-order valence-electron chi connectivity index (χ2n) is 6.46. The van der Waals surface area contributed by atoms with Gasteiger partial charge in [0.2, 0.25) is 0 Å². The Labute approximate surface area is 140 Å². The predicted octanol–water partition coefficient (Wildman–Crippen LogP) is 2.60. The van der Waals surface area contributed by atoms with E-state index in [9.17, 15) is 9.18 Å². The van der Waals surface area contributed by atoms with Crippen LogP contribution in [-0.4, -0.2) is 28.5 Å². The maximum absolute atomic E-state index is 13.5. The molecule has 1 aliphatic heterocycles. The average Bonchev–Trinajstić information content (AvgIpc) is 2.56. The van der Waals surface area contributed by atoms with Gasteiger partial charge >= 0.3 is 0 Å². The lowest BCUT2D eigenvalue weighted by molar-refractivity contribution is 0.240. The first-order valence-corrected chi connectivity index (χ1v) is 8.14. The zero-order valence-electron chi connectivity index (χ0n) is 14.2. The summed E-state index contributed by atoms with van der Waals surface area (Å²) >= 11 is 0. The molecule has 0 saturated carbocycles. The van der Waals surface area contributed by atoms with Crippen LogP contribution in [0.15, 0.2) is 23.0 Å². The Kier molecular flexibility index (Phi) is 4.66. The van der Waals surface area contributed by atoms with Gasteiger partial charge < -0.3 is 9.72 Å². The van der Waals surface area contributed by atoms with Gasteiger partial charge in [0.25, 0.3) is 5.56 Å². The van der Waals surface area contributed by atoms with E-state index >= 15 is 0 Å². The number of hydrogen-bond donors (Lipinski definition) is 1. The molecule has 0 unspecified atom stereocenters. The largest absolute Gasteiger partial charge is 0.494 e. The zero-order chi connectivity index (χ0) is 17.3. The molecule has 0 spiro atoms. The van der Waals surface area contributed by atoms with Crippen molar-refractivity contribution >= 4 is 0 Å². The number of fused-ring (bicyclic) bond motifs is 1. The van der Waals surface area contributed by atoms with E-state index in [1.54, 1.807) is 12.1 Å². The van der Waals surface area contributed by atoms with Crippen molar-refractivity contribution < 1.29 is 9.13 Å². The Balaban J connectivity index is 1.79. The van der Waals surface area contributed by atoms with Gasteiger partial charge in [0.1, 0.15) is 5.82 Å². The second-order valence-corrected chi connectivity index (χ2v) is 6.46. The van der Waals surface area contributed by atoms with Crippen LogP contribution in [0.2, 0.25) is 0 Å². The van der Waals surface area contributed by atoms with Gasteiger partial charge in [-0.3, -0.25) is 9.69 Å². The van der Waals surface area contributed by atoms with E-state index in [0.29, 0.717) is 13.1 Å². The summed E-state index contributed by atoms with van der Waals surface area (Å²) in [7, 11) is 1.46. The summed E-state index contributed by atoms with van der Waals surface area (Å²) in [6.45, 7) is 6.04. The molecular weight excluding hydrogens is 309 g/mol. The van der Waals surface area contributed by atoms with E-state index in [1.807, 2.05) is 13.8 Å². The van der Waals surface area contributed by atoms with E-state index in [4.69, 9.17) is 4.74 Å². The van der Waals surface area contributed by atoms with Crippen LogP contribution in [-0.2, 0) is 19.5 Å². The molecule has 0 atom stereocenters. The fourth-order valence-corrected chi connectivity index (χ4v) is 2.97. The molecule has 2 aromatic rings. The van der Waals surface area contributed by atoms with Gasteiger partial charge in [0.05, 0.1) is 18.4 Å². The molecule has 5 nitrogen and oxygen atoms in total. The fraction of sp³-hybridized carbons (Fsp3) is 0.444. The minimum atomic E-state index is -0.368. The summed E-state index contributed by atoms with van der Waals surface area (Å²) in [6.07, 6.45) is 0.747. The molecule has 1 aromatic heterocycles. The lowest BCUT2D eigenvalue weighted by atomic mass is 10.0. The molecule has 0 aliphatic carbocycles. The minimum Gasteiger partial charge on any atom is -0.494 e. The van der Waals surface area contributed by atoms with Crippen molar-refractivity contribution in [2.75, 3.05) is 13.7 Å². The van der Waals surface area contributed by atoms with Gasteiger partial charge in [-0.15, -0.1) is 0 Å². The number of halogens is 1. The Hall–Kier alpha value is -2.21. The number of aromatic nitrogens is 2. The van der Waals surface area contributed by atoms with Crippen LogP contribution in [0.1, 0.15) is 42.4 Å². The number of rotatable bonds is 4. The molecule has 0 bridgehead atoms. The van der Waals surface area contributed by atoms with Crippen LogP contribution < -0.4 is 10.3 Å². The van der Waals surface area contributed by atoms with Crippen LogP contribution >= 0.6 is 0 Å². The quantitative estimate of drug-likeness (QED) is 0.935. The highest BCUT2D eigenvalue weighted by molar-refractivity contribution is 5.30. The molecule has 6 heteroatoms. The van der Waals surface area contributed by atoms with Crippen LogP contribution in [0.5, 0.6) is 5.75 Å². The second kappa shape index (κ2) is 6.73. The summed E-state index contributed by atoms with van der Waals surface area (Å²) in [5, 5.41) is 0. The Morgan fingerprint density at radius 1 is 1.42 bits per heavy atom. The first kappa shape index (κ1) is 16.6. The van der Waals surface area contributed by atoms with E-state index in [-0.39, 0.29) is 23.0 Å². The number of nitrogens with one attached hydrogen (secondary N) is 1. The van der Waals surface area contributed by atoms with Crippen molar-refractivity contribution in [3.8, 4) is 5.75 Å². The van der Waals surface area contributed by atoms with E-state index in [1.165, 1.54) is 13.2 Å². The lowest BCUT2D eigenvalue weighted by Gasteiger charge is -2.28. The molecule has 24 heavy (non-hydrogen) atoms. The Morgan fingerprint density at radius 3 is 2.92 bits per heavy atom. The number of hydrogen-bond acceptors (Lipinski definition) is 4. The SMILES string of the molecule is COc1cc(CN2CCc3nc(C(C)C)[nH]c(=O)c3C2)ccc1F. The van der Waals surface area contributed by atoms with Crippen molar-refractivity contribution in [2.45, 2.75) is 39.3 Å². The molecule has 1 aliphatic rings. The minimum absolute atomic E-state index is 0.0508. The fourth-order valence-electron chi connectivity index (χ4n) is 2.97. The van der Waals surface area contributed by atoms with Crippen molar-refractivity contribution in [3.05, 3.63) is 57.0 Å². The van der Waals surface area contributed by atoms with Gasteiger partial charge in [-0.25, -0.2) is 9.37 Å². The van der Waals surface area contributed by atoms with Crippen molar-refractivity contribution in [1.29, 1.82) is 0 Å². The van der Waals surface area contributed by atoms with Gasteiger partial charge in [0, 0.05) is 32.0 Å². The third-order valence-corrected chi connectivity index (χ3v) is 4.33. The number of methoxy groups -OCH3 is 1. The summed E-state index contributed by atoms with van der Waals surface area (Å²) in [4.78, 5) is 22.0. The molecule has 3 rings (SSSR count). The standard InChI is InChI=1S/C18H22FN3O2/c1-11(2)17-20-15-6-7-22(10-13(15)18(23)21-17)9-12-4-5-14(19)16(8-12)24-3/h4-5,8,11H,6-7,9-10H2,1-3H3,(H,20,21,23). The summed E-state index contributed by atoms with van der Waals surface area (Å²) < 4.78 is 18.5. The summed E-state index contributed by atoms with van der Waals surface area (Å²) in [5.74, 6) is 0.821. The molecule has 1 aromatic carbocycles. The highest BCUT2D eigenvalue weighted by atomic mass is 19.1. The molecule has 128 valence electrons. The number of aromatic amines is 1. The molecule has 0 saturated heterocycles. The number of benzene rings is 1. The third kappa shape index (κ3) is 3.33. The van der Waals surface area contributed by atoms with Crippen LogP contribution in [0, 0.1) is 5.82 Å². The van der Waals surface area contributed by atoms with Gasteiger partial charge in [0.15, 0.2) is 11.6 Å². The summed E-state index contributed by atoms with van der Waals surface area (Å²) in [6, 6.07) is 4.86. The smallest absolute Gasteiger partial charge is 0.255 e. The lowest BCUT2D eigenvalue weighted by Crippen LogP contribution is -2.36. The van der Waals surface area contributed by atoms with Crippen molar-refractivity contribution in [3.63, 3.8) is 0 Å². The first-order valence-electron chi connectivity index (χ1n) is 8.14. The maximum Gasteiger partial charge on any atom is 0.255 e. The summed E-state index contributed by atoms with van der Waals surface area (Å²) in [5.41, 5.74) is 2.54. The van der Waals surface area contributed by atoms with E-state index in [2.05, 4.69) is 14.9 Å². The average molecular weight is 331 g/mol. The molecule has 1 N–H and O–H groups in total. The zero-order valence-corrected chi connectivity index (χ0v) is 14.2. The van der Waals surface area contributed by atoms with Gasteiger partial charge in [-0.1, -0.05) is 19.9 Å².